The fourth-order valence-electron chi connectivity index (χ4n) is 15.0. The van der Waals surface area contributed by atoms with Gasteiger partial charge in [-0.05, 0) is 13.8 Å². The number of carbonyl (C=O) groups is 3. The van der Waals surface area contributed by atoms with Crippen LogP contribution in [0.15, 0.2) is 0 Å². The highest BCUT2D eigenvalue weighted by atomic mass is 16.8. The molecule has 0 unspecified atom stereocenters. The summed E-state index contributed by atoms with van der Waals surface area (Å²) in [5, 5.41) is 296. The molecule has 10 aliphatic rings. The van der Waals surface area contributed by atoms with Gasteiger partial charge in [-0.25, -0.2) is 0 Å². The normalized spacial score (nSPS) is 51.1. The Morgan fingerprint density at radius 1 is 0.276 bits per heavy atom. The molecule has 49 atom stereocenters. The minimum absolute atomic E-state index is 0.824. The van der Waals surface area contributed by atoms with Crippen LogP contribution < -0.4 is 16.0 Å². The number of amides is 3. The van der Waals surface area contributed by atoms with E-state index in [1.165, 1.54) is 13.8 Å². The Labute approximate surface area is 657 Å². The fourth-order valence-corrected chi connectivity index (χ4v) is 15.0. The maximum atomic E-state index is 13.3. The first-order chi connectivity index (χ1) is 54.8. The number of nitrogens with one attached hydrogen (secondary N) is 3. The van der Waals surface area contributed by atoms with E-state index in [0.29, 0.717) is 0 Å². The van der Waals surface area contributed by atoms with Crippen molar-refractivity contribution in [2.45, 2.75) is 335 Å². The summed E-state index contributed by atoms with van der Waals surface area (Å²) < 4.78 is 114. The third kappa shape index (κ3) is 20.7. The van der Waals surface area contributed by atoms with Gasteiger partial charge in [0.25, 0.3) is 0 Å². The Kier molecular flexibility index (Phi) is 33.5. The van der Waals surface area contributed by atoms with Gasteiger partial charge in [0, 0.05) is 20.8 Å². The molecular formula is C65H109N3O48. The first-order valence-electron chi connectivity index (χ1n) is 37.3. The summed E-state index contributed by atoms with van der Waals surface area (Å²) in [4.78, 5) is 39.3. The van der Waals surface area contributed by atoms with Crippen LogP contribution >= 0.6 is 0 Å². The molecule has 0 aromatic rings. The Morgan fingerprint density at radius 2 is 0.621 bits per heavy atom. The van der Waals surface area contributed by atoms with E-state index < -0.39 is 371 Å². The minimum Gasteiger partial charge on any atom is -0.394 e. The SMILES string of the molecule is CC(=O)N[C@@H]1[C@@H](O[C@H]2O[C@H](C)[C@H](O)[C@H](O)[C@H]2O)[C@H](O[C@@H]2O[C@H](CO)[C@@H](O[C@@H]3O[C@H](CO[C@H]4O[C@H](CO)[C@@H](O)[C@H](O)[C@@H]4O[C@@H]4O[C@H](CO[C@H]5O[C@H](C)[C@H](O)[C@H](O)[C@H]5O)[C@@H](O[C@@H]5O[C@H](CO)[C@H](O)[C@H](O)[C@H]5O)[C@H](O)[C@H]4NC(C)=O)[C@@H](O)[C@H](O[C@H]4O[C@H](CO)[C@@H](O)[C@H](O)[C@@H]4O)[C@@H]3O[C@@H]3OC[C@@H](O)[C@H](O)[C@H]3O)[C@H](O)[C@H]2NC(C)=O)[C@@H](CO)O[C@H]1O. The van der Waals surface area contributed by atoms with Crippen LogP contribution in [0.5, 0.6) is 0 Å². The van der Waals surface area contributed by atoms with Crippen molar-refractivity contribution in [3.05, 3.63) is 0 Å². The first-order valence-corrected chi connectivity index (χ1v) is 37.3. The summed E-state index contributed by atoms with van der Waals surface area (Å²) in [6, 6.07) is -5.80. The minimum atomic E-state index is -2.49. The molecule has 0 aliphatic carbocycles. The second kappa shape index (κ2) is 40.9. The molecule has 51 heteroatoms. The number of hydrogen-bond donors (Lipinski definition) is 29. The van der Waals surface area contributed by atoms with Gasteiger partial charge in [0.15, 0.2) is 62.9 Å². The van der Waals surface area contributed by atoms with Crippen molar-refractivity contribution in [1.29, 1.82) is 0 Å². The van der Waals surface area contributed by atoms with Crippen LogP contribution in [0.3, 0.4) is 0 Å². The van der Waals surface area contributed by atoms with Crippen molar-refractivity contribution in [3.63, 3.8) is 0 Å². The predicted molar refractivity (Wildman–Crippen MR) is 356 cm³/mol. The van der Waals surface area contributed by atoms with Gasteiger partial charge in [0.2, 0.25) is 17.7 Å². The molecule has 10 heterocycles. The highest BCUT2D eigenvalue weighted by Gasteiger charge is 2.62. The molecule has 116 heavy (non-hydrogen) atoms. The molecule has 10 saturated heterocycles. The average Bonchev–Trinajstić information content (AvgIpc) is 0.727. The zero-order valence-electron chi connectivity index (χ0n) is 62.6. The van der Waals surface area contributed by atoms with Gasteiger partial charge in [-0.2, -0.15) is 0 Å². The van der Waals surface area contributed by atoms with Crippen LogP contribution in [0.4, 0.5) is 0 Å². The molecule has 29 N–H and O–H groups in total. The first kappa shape index (κ1) is 94.9. The lowest BCUT2D eigenvalue weighted by atomic mass is 9.93. The van der Waals surface area contributed by atoms with Crippen molar-refractivity contribution in [2.75, 3.05) is 52.9 Å². The van der Waals surface area contributed by atoms with Gasteiger partial charge in [0.05, 0.1) is 65.1 Å². The fraction of sp³-hybridized carbons (Fsp3) is 0.954. The van der Waals surface area contributed by atoms with Gasteiger partial charge in [-0.1, -0.05) is 0 Å². The van der Waals surface area contributed by atoms with E-state index in [-0.39, 0.29) is 0 Å². The number of aliphatic hydroxyl groups excluding tert-OH is 26. The van der Waals surface area contributed by atoms with Crippen molar-refractivity contribution in [2.24, 2.45) is 0 Å². The summed E-state index contributed by atoms with van der Waals surface area (Å²) in [6.45, 7) is -3.21. The van der Waals surface area contributed by atoms with E-state index in [4.69, 9.17) is 90.0 Å². The molecule has 0 bridgehead atoms. The Bertz CT molecular complexity index is 3080. The van der Waals surface area contributed by atoms with Crippen LogP contribution in [-0.2, 0) is 104 Å². The van der Waals surface area contributed by atoms with Crippen LogP contribution in [-0.4, -0.2) is 504 Å². The third-order valence-corrected chi connectivity index (χ3v) is 21.6. The number of ether oxygens (including phenoxy) is 19. The van der Waals surface area contributed by atoms with Crippen molar-refractivity contribution in [1.82, 2.24) is 16.0 Å². The van der Waals surface area contributed by atoms with Crippen molar-refractivity contribution in [3.8, 4) is 0 Å². The molecule has 10 fully saturated rings. The summed E-state index contributed by atoms with van der Waals surface area (Å²) in [5.74, 6) is -2.83. The number of aliphatic hydroxyl groups is 26. The molecule has 0 aromatic heterocycles. The van der Waals surface area contributed by atoms with Gasteiger partial charge in [0.1, 0.15) is 226 Å². The van der Waals surface area contributed by atoms with E-state index in [0.717, 1.165) is 20.8 Å². The quantitative estimate of drug-likeness (QED) is 0.0346. The van der Waals surface area contributed by atoms with Crippen LogP contribution in [0, 0.1) is 0 Å². The van der Waals surface area contributed by atoms with Crippen molar-refractivity contribution < 1.29 is 237 Å². The number of rotatable bonds is 28. The largest absolute Gasteiger partial charge is 0.394 e. The highest BCUT2D eigenvalue weighted by molar-refractivity contribution is 5.74. The number of hydrogen-bond acceptors (Lipinski definition) is 48. The zero-order chi connectivity index (χ0) is 85.2. The molecule has 51 nitrogen and oxygen atoms in total. The molecule has 10 aliphatic heterocycles. The molecule has 672 valence electrons. The average molecular weight is 1700 g/mol. The molecule has 0 radical (unpaired) electrons. The second-order valence-electron chi connectivity index (χ2n) is 29.8. The lowest BCUT2D eigenvalue weighted by Crippen LogP contribution is -2.71. The Hall–Kier alpha value is -3.39. The highest BCUT2D eigenvalue weighted by Crippen LogP contribution is 2.41. The van der Waals surface area contributed by atoms with E-state index >= 15 is 0 Å². The molecule has 0 aromatic carbocycles. The molecule has 10 rings (SSSR count). The smallest absolute Gasteiger partial charge is 0.217 e. The summed E-state index contributed by atoms with van der Waals surface area (Å²) in [6.07, 6.45) is -94.5. The summed E-state index contributed by atoms with van der Waals surface area (Å²) >= 11 is 0. The topological polar surface area (TPSA) is 789 Å². The van der Waals surface area contributed by atoms with Gasteiger partial charge < -0.3 is 239 Å². The van der Waals surface area contributed by atoms with Gasteiger partial charge >= 0.3 is 0 Å². The van der Waals surface area contributed by atoms with E-state index in [2.05, 4.69) is 16.0 Å². The Morgan fingerprint density at radius 3 is 1.13 bits per heavy atom. The van der Waals surface area contributed by atoms with Gasteiger partial charge in [-0.3, -0.25) is 14.4 Å². The monoisotopic (exact) mass is 1700 g/mol. The second-order valence-corrected chi connectivity index (χ2v) is 29.8. The standard InChI is InChI=1S/C65H109N3O48/c1-14-30(78)39(87)45(93)59(101-14)99-13-26-50(110-62-47(95)41(89)33(81)20(6-69)104-62)38(86)28(67-17(4)75)58(109-26)115-54-43(91)35(83)22(8-71)106-64(54)100-12-25-36(84)53(114-63-48(96)42(90)34(82)21(7-70)105-63)55(116-60-44(92)32(80)19(77)11-98-60)65(108-25)111-49-23(9-72)107-57(27(37(49)85)66-16(3)74)112-51-24(10-73)103-56(97)29(68-18(5)76)52(51)113-61-46(94)40(88)31(79)15(2)102-61/h14-15,19-65,69-73,77-97H,6-13H2,1-5H3,(H,66,74)(H,67,75)(H,68,76)/t14-,15-,19-,20-,21-,22-,23-,24-,25-,26-,27-,28-,29-,30+,31+,32+,33+,34-,35-,36-,37-,38-,39+,40+,41+,42+,43+,44-,45-,46-,47-,48+,49-,50-,51-,52-,53+,54+,55+,56-,57+,58+,59+,60+,61-,62+,63-,64+,65+/m1/s1. The Balaban J connectivity index is 1.01. The van der Waals surface area contributed by atoms with E-state index in [1.54, 1.807) is 0 Å². The van der Waals surface area contributed by atoms with Crippen molar-refractivity contribution >= 4 is 17.7 Å². The van der Waals surface area contributed by atoms with E-state index in [1.807, 2.05) is 0 Å². The predicted octanol–water partition coefficient (Wildman–Crippen LogP) is -19.7. The molecule has 3 amide bonds. The number of carbonyl (C=O) groups excluding carboxylic acids is 3. The maximum absolute atomic E-state index is 13.3. The lowest BCUT2D eigenvalue weighted by Gasteiger charge is -2.52. The molecule has 0 saturated carbocycles. The van der Waals surface area contributed by atoms with Crippen LogP contribution in [0.2, 0.25) is 0 Å². The van der Waals surface area contributed by atoms with Crippen LogP contribution in [0.25, 0.3) is 0 Å². The van der Waals surface area contributed by atoms with E-state index in [9.17, 15) is 147 Å². The van der Waals surface area contributed by atoms with Crippen LogP contribution in [0.1, 0.15) is 34.6 Å². The maximum Gasteiger partial charge on any atom is 0.217 e. The summed E-state index contributed by atoms with van der Waals surface area (Å²) in [7, 11) is 0. The third-order valence-electron chi connectivity index (χ3n) is 21.6. The molecule has 0 spiro atoms. The summed E-state index contributed by atoms with van der Waals surface area (Å²) in [5.41, 5.74) is 0. The lowest BCUT2D eigenvalue weighted by molar-refractivity contribution is -0.406. The van der Waals surface area contributed by atoms with Gasteiger partial charge in [-0.15, -0.1) is 0 Å². The zero-order valence-corrected chi connectivity index (χ0v) is 62.6. The molecular weight excluding hydrogens is 1590 g/mol.